The first-order chi connectivity index (χ1) is 11.3. The van der Waals surface area contributed by atoms with Gasteiger partial charge in [0, 0.05) is 52.2 Å². The van der Waals surface area contributed by atoms with E-state index in [1.54, 1.807) is 7.05 Å². The molecule has 0 saturated carbocycles. The largest absolute Gasteiger partial charge is 0.381 e. The number of nitrogens with zero attached hydrogens (tertiary/aromatic N) is 1. The number of hydrogen-bond donors (Lipinski definition) is 3. The predicted molar refractivity (Wildman–Crippen MR) is 91.6 cm³/mol. The molecule has 1 amide bonds. The minimum absolute atomic E-state index is 0.0686. The van der Waals surface area contributed by atoms with E-state index in [1.165, 1.54) is 0 Å². The van der Waals surface area contributed by atoms with E-state index < -0.39 is 0 Å². The van der Waals surface area contributed by atoms with Crippen molar-refractivity contribution >= 4 is 11.9 Å². The van der Waals surface area contributed by atoms with Gasteiger partial charge in [0.1, 0.15) is 0 Å². The molecule has 1 saturated heterocycles. The normalized spacial score (nSPS) is 18.0. The van der Waals surface area contributed by atoms with Crippen molar-refractivity contribution in [3.63, 3.8) is 0 Å². The van der Waals surface area contributed by atoms with Gasteiger partial charge in [0.2, 0.25) is 5.91 Å². The summed E-state index contributed by atoms with van der Waals surface area (Å²) in [6.07, 6.45) is 3.44. The van der Waals surface area contributed by atoms with Gasteiger partial charge in [-0.2, -0.15) is 0 Å². The van der Waals surface area contributed by atoms with Crippen LogP contribution in [0.25, 0.3) is 0 Å². The molecule has 0 aromatic heterocycles. The van der Waals surface area contributed by atoms with Crippen molar-refractivity contribution in [1.82, 2.24) is 16.0 Å². The second-order valence-corrected chi connectivity index (χ2v) is 5.68. The maximum absolute atomic E-state index is 11.5. The Labute approximate surface area is 139 Å². The molecule has 1 atom stereocenters. The van der Waals surface area contributed by atoms with Crippen LogP contribution < -0.4 is 16.0 Å². The van der Waals surface area contributed by atoms with Crippen LogP contribution in [0.3, 0.4) is 0 Å². The number of carbonyl (C=O) groups is 1. The van der Waals surface area contributed by atoms with Gasteiger partial charge in [-0.3, -0.25) is 9.79 Å². The fourth-order valence-corrected chi connectivity index (χ4v) is 2.21. The average Bonchev–Trinajstić information content (AvgIpc) is 3.07. The molecule has 0 bridgehead atoms. The summed E-state index contributed by atoms with van der Waals surface area (Å²) in [5.74, 6) is 1.35. The topological polar surface area (TPSA) is 84.0 Å². The molecule has 7 heteroatoms. The Balaban J connectivity index is 1.95. The first-order valence-corrected chi connectivity index (χ1v) is 8.63. The van der Waals surface area contributed by atoms with Crippen molar-refractivity contribution in [3.05, 3.63) is 0 Å². The predicted octanol–water partition coefficient (Wildman–Crippen LogP) is 0.511. The van der Waals surface area contributed by atoms with Crippen LogP contribution in [0.4, 0.5) is 0 Å². The standard InChI is InChI=1S/C16H32N4O3/c1-3-7-18-15(21)5-9-20-16(17-2)19-8-4-10-22-12-14-6-11-23-13-14/h14H,3-13H2,1-2H3,(H,18,21)(H2,17,19,20). The van der Waals surface area contributed by atoms with Gasteiger partial charge in [0.25, 0.3) is 0 Å². The fraction of sp³-hybridized carbons (Fsp3) is 0.875. The second kappa shape index (κ2) is 13.1. The Hall–Kier alpha value is -1.34. The van der Waals surface area contributed by atoms with Crippen LogP contribution in [0.5, 0.6) is 0 Å². The SMILES string of the molecule is CCCNC(=O)CCNC(=NC)NCCCOCC1CCOC1. The Morgan fingerprint density at radius 1 is 1.26 bits per heavy atom. The van der Waals surface area contributed by atoms with Crippen molar-refractivity contribution in [1.29, 1.82) is 0 Å². The summed E-state index contributed by atoms with van der Waals surface area (Å²) in [6.45, 7) is 7.37. The van der Waals surface area contributed by atoms with Crippen LogP contribution in [0, 0.1) is 5.92 Å². The lowest BCUT2D eigenvalue weighted by Gasteiger charge is -2.12. The fourth-order valence-electron chi connectivity index (χ4n) is 2.21. The maximum atomic E-state index is 11.5. The highest BCUT2D eigenvalue weighted by atomic mass is 16.5. The van der Waals surface area contributed by atoms with E-state index >= 15 is 0 Å². The van der Waals surface area contributed by atoms with Crippen LogP contribution in [-0.4, -0.2) is 65.0 Å². The summed E-state index contributed by atoms with van der Waals surface area (Å²) < 4.78 is 11.0. The number of rotatable bonds is 11. The zero-order valence-electron chi connectivity index (χ0n) is 14.5. The number of carbonyl (C=O) groups excluding carboxylic acids is 1. The Kier molecular flexibility index (Phi) is 11.3. The molecule has 134 valence electrons. The molecular weight excluding hydrogens is 296 g/mol. The van der Waals surface area contributed by atoms with Gasteiger partial charge >= 0.3 is 0 Å². The molecule has 1 aliphatic heterocycles. The minimum Gasteiger partial charge on any atom is -0.381 e. The van der Waals surface area contributed by atoms with Gasteiger partial charge in [-0.05, 0) is 19.3 Å². The molecule has 0 radical (unpaired) electrons. The molecule has 0 aromatic carbocycles. The van der Waals surface area contributed by atoms with Gasteiger partial charge in [-0.1, -0.05) is 6.92 Å². The zero-order valence-corrected chi connectivity index (χ0v) is 14.5. The van der Waals surface area contributed by atoms with E-state index in [1.807, 2.05) is 6.92 Å². The van der Waals surface area contributed by atoms with Crippen molar-refractivity contribution in [2.24, 2.45) is 10.9 Å². The van der Waals surface area contributed by atoms with E-state index in [0.29, 0.717) is 18.9 Å². The number of ether oxygens (including phenoxy) is 2. The average molecular weight is 328 g/mol. The van der Waals surface area contributed by atoms with E-state index in [-0.39, 0.29) is 5.91 Å². The van der Waals surface area contributed by atoms with Crippen LogP contribution in [0.1, 0.15) is 32.6 Å². The first-order valence-electron chi connectivity index (χ1n) is 8.63. The molecule has 1 fully saturated rings. The quantitative estimate of drug-likeness (QED) is 0.292. The molecule has 7 nitrogen and oxygen atoms in total. The van der Waals surface area contributed by atoms with Gasteiger partial charge in [0.15, 0.2) is 5.96 Å². The van der Waals surface area contributed by atoms with Crippen LogP contribution in [0.15, 0.2) is 4.99 Å². The third-order valence-electron chi connectivity index (χ3n) is 3.58. The molecule has 23 heavy (non-hydrogen) atoms. The molecule has 0 aromatic rings. The van der Waals surface area contributed by atoms with Crippen molar-refractivity contribution < 1.29 is 14.3 Å². The molecular formula is C16H32N4O3. The number of guanidine groups is 1. The number of amides is 1. The van der Waals surface area contributed by atoms with E-state index in [4.69, 9.17) is 9.47 Å². The zero-order chi connectivity index (χ0) is 16.8. The Morgan fingerprint density at radius 2 is 2.09 bits per heavy atom. The summed E-state index contributed by atoms with van der Waals surface area (Å²) in [7, 11) is 1.73. The van der Waals surface area contributed by atoms with Gasteiger partial charge in [-0.15, -0.1) is 0 Å². The number of hydrogen-bond acceptors (Lipinski definition) is 4. The lowest BCUT2D eigenvalue weighted by molar-refractivity contribution is -0.120. The van der Waals surface area contributed by atoms with Crippen molar-refractivity contribution in [3.8, 4) is 0 Å². The van der Waals surface area contributed by atoms with E-state index in [0.717, 1.165) is 64.7 Å². The Morgan fingerprint density at radius 3 is 2.78 bits per heavy atom. The van der Waals surface area contributed by atoms with Crippen LogP contribution in [0.2, 0.25) is 0 Å². The highest BCUT2D eigenvalue weighted by Gasteiger charge is 2.15. The summed E-state index contributed by atoms with van der Waals surface area (Å²) in [5.41, 5.74) is 0. The summed E-state index contributed by atoms with van der Waals surface area (Å²) in [6, 6.07) is 0. The minimum atomic E-state index is 0.0686. The van der Waals surface area contributed by atoms with E-state index in [9.17, 15) is 4.79 Å². The van der Waals surface area contributed by atoms with Gasteiger partial charge in [-0.25, -0.2) is 0 Å². The van der Waals surface area contributed by atoms with Gasteiger partial charge in [0.05, 0.1) is 13.2 Å². The second-order valence-electron chi connectivity index (χ2n) is 5.68. The number of nitrogens with one attached hydrogen (secondary N) is 3. The third-order valence-corrected chi connectivity index (χ3v) is 3.58. The molecule has 1 aliphatic rings. The highest BCUT2D eigenvalue weighted by Crippen LogP contribution is 2.12. The first kappa shape index (κ1) is 19.7. The molecule has 1 rings (SSSR count). The summed E-state index contributed by atoms with van der Waals surface area (Å²) in [4.78, 5) is 15.6. The van der Waals surface area contributed by atoms with E-state index in [2.05, 4.69) is 20.9 Å². The molecule has 1 unspecified atom stereocenters. The third kappa shape index (κ3) is 10.1. The molecule has 3 N–H and O–H groups in total. The maximum Gasteiger partial charge on any atom is 0.221 e. The van der Waals surface area contributed by atoms with Crippen LogP contribution in [-0.2, 0) is 14.3 Å². The van der Waals surface area contributed by atoms with Crippen molar-refractivity contribution in [2.45, 2.75) is 32.6 Å². The lowest BCUT2D eigenvalue weighted by Crippen LogP contribution is -2.40. The summed E-state index contributed by atoms with van der Waals surface area (Å²) in [5, 5.41) is 9.20. The Bertz CT molecular complexity index is 344. The molecule has 0 aliphatic carbocycles. The lowest BCUT2D eigenvalue weighted by atomic mass is 10.1. The number of aliphatic imine (C=N–C) groups is 1. The van der Waals surface area contributed by atoms with Crippen molar-refractivity contribution in [2.75, 3.05) is 53.1 Å². The highest BCUT2D eigenvalue weighted by molar-refractivity contribution is 5.81. The summed E-state index contributed by atoms with van der Waals surface area (Å²) >= 11 is 0. The van der Waals surface area contributed by atoms with Gasteiger partial charge < -0.3 is 25.4 Å². The molecule has 0 spiro atoms. The smallest absolute Gasteiger partial charge is 0.221 e. The molecule has 1 heterocycles. The van der Waals surface area contributed by atoms with Crippen LogP contribution >= 0.6 is 0 Å². The monoisotopic (exact) mass is 328 g/mol.